The molecule has 31 heavy (non-hydrogen) atoms. The highest BCUT2D eigenvalue weighted by Crippen LogP contribution is 2.26. The fourth-order valence-corrected chi connectivity index (χ4v) is 3.73. The molecule has 1 aliphatic heterocycles. The normalized spacial score (nSPS) is 16.0. The van der Waals surface area contributed by atoms with Crippen LogP contribution in [0.25, 0.3) is 0 Å². The minimum Gasteiger partial charge on any atom is -0.325 e. The minimum atomic E-state index is -0.378. The summed E-state index contributed by atoms with van der Waals surface area (Å²) in [6.45, 7) is 7.72. The van der Waals surface area contributed by atoms with Crippen molar-refractivity contribution in [1.82, 2.24) is 9.80 Å². The summed E-state index contributed by atoms with van der Waals surface area (Å²) in [5.41, 5.74) is 2.50. The Morgan fingerprint density at radius 2 is 1.55 bits per heavy atom. The van der Waals surface area contributed by atoms with Crippen molar-refractivity contribution in [3.8, 4) is 0 Å². The molecule has 0 aromatic heterocycles. The molecule has 2 N–H and O–H groups in total. The second-order valence-electron chi connectivity index (χ2n) is 8.06. The van der Waals surface area contributed by atoms with Gasteiger partial charge >= 0.3 is 0 Å². The Hall–Kier alpha value is -2.77. The fourth-order valence-electron chi connectivity index (χ4n) is 3.73. The summed E-state index contributed by atoms with van der Waals surface area (Å²) in [5.74, 6) is -0.179. The first-order valence-electron chi connectivity index (χ1n) is 10.8. The Balaban J connectivity index is 1.43. The van der Waals surface area contributed by atoms with Crippen LogP contribution in [-0.2, 0) is 9.59 Å². The van der Waals surface area contributed by atoms with Crippen LogP contribution in [0.15, 0.2) is 48.5 Å². The molecule has 2 amide bonds. The van der Waals surface area contributed by atoms with Gasteiger partial charge in [0.05, 0.1) is 13.1 Å². The summed E-state index contributed by atoms with van der Waals surface area (Å²) < 4.78 is 13.2. The lowest BCUT2D eigenvalue weighted by atomic mass is 9.97. The second kappa shape index (κ2) is 11.0. The first kappa shape index (κ1) is 22.9. The Kier molecular flexibility index (Phi) is 8.14. The molecule has 0 bridgehead atoms. The molecule has 0 radical (unpaired) electrons. The third-order valence-corrected chi connectivity index (χ3v) is 5.69. The van der Waals surface area contributed by atoms with E-state index in [1.165, 1.54) is 12.1 Å². The van der Waals surface area contributed by atoms with E-state index in [1.807, 2.05) is 23.1 Å². The number of rotatable bonds is 8. The molecule has 3 rings (SSSR count). The first-order valence-corrected chi connectivity index (χ1v) is 10.8. The predicted octanol–water partition coefficient (Wildman–Crippen LogP) is 3.53. The predicted molar refractivity (Wildman–Crippen MR) is 122 cm³/mol. The molecule has 1 fully saturated rings. The molecule has 6 nitrogen and oxygen atoms in total. The van der Waals surface area contributed by atoms with E-state index in [4.69, 9.17) is 0 Å². The van der Waals surface area contributed by atoms with Crippen LogP contribution in [0.4, 0.5) is 15.8 Å². The Bertz CT molecular complexity index is 897. The molecule has 1 saturated heterocycles. The topological polar surface area (TPSA) is 64.7 Å². The maximum absolute atomic E-state index is 13.2. The van der Waals surface area contributed by atoms with Gasteiger partial charge in [-0.1, -0.05) is 38.1 Å². The van der Waals surface area contributed by atoms with Gasteiger partial charge in [-0.2, -0.15) is 0 Å². The summed E-state index contributed by atoms with van der Waals surface area (Å²) in [4.78, 5) is 28.9. The smallest absolute Gasteiger partial charge is 0.238 e. The lowest BCUT2D eigenvalue weighted by molar-refractivity contribution is -0.120. The summed E-state index contributed by atoms with van der Waals surface area (Å²) in [7, 11) is 0. The van der Waals surface area contributed by atoms with Crippen LogP contribution in [0.1, 0.15) is 31.7 Å². The van der Waals surface area contributed by atoms with Gasteiger partial charge in [0.2, 0.25) is 11.8 Å². The Morgan fingerprint density at radius 3 is 2.16 bits per heavy atom. The largest absolute Gasteiger partial charge is 0.325 e. The van der Waals surface area contributed by atoms with Crippen molar-refractivity contribution in [3.63, 3.8) is 0 Å². The summed E-state index contributed by atoms with van der Waals surface area (Å²) >= 11 is 0. The third-order valence-electron chi connectivity index (χ3n) is 5.69. The Labute approximate surface area is 183 Å². The maximum atomic E-state index is 13.2. The molecular weight excluding hydrogens is 395 g/mol. The van der Waals surface area contributed by atoms with E-state index in [0.717, 1.165) is 17.7 Å². The summed E-state index contributed by atoms with van der Waals surface area (Å²) in [5, 5.41) is 5.78. The number of nitrogens with zero attached hydrogens (tertiary/aromatic N) is 2. The number of hydrogen-bond acceptors (Lipinski definition) is 4. The quantitative estimate of drug-likeness (QED) is 0.678. The highest BCUT2D eigenvalue weighted by atomic mass is 19.1. The van der Waals surface area contributed by atoms with Gasteiger partial charge in [0, 0.05) is 37.6 Å². The van der Waals surface area contributed by atoms with Gasteiger partial charge in [0.1, 0.15) is 5.82 Å². The van der Waals surface area contributed by atoms with Crippen LogP contribution in [0.3, 0.4) is 0 Å². The molecule has 0 saturated carbocycles. The van der Waals surface area contributed by atoms with Crippen molar-refractivity contribution in [2.45, 2.75) is 26.2 Å². The van der Waals surface area contributed by atoms with Crippen molar-refractivity contribution in [1.29, 1.82) is 0 Å². The lowest BCUT2D eigenvalue weighted by Gasteiger charge is -2.33. The highest BCUT2D eigenvalue weighted by molar-refractivity contribution is 5.93. The molecule has 166 valence electrons. The molecule has 1 atom stereocenters. The van der Waals surface area contributed by atoms with Crippen LogP contribution in [0.5, 0.6) is 0 Å². The molecule has 7 heteroatoms. The lowest BCUT2D eigenvalue weighted by Crippen LogP contribution is -2.50. The van der Waals surface area contributed by atoms with Crippen molar-refractivity contribution < 1.29 is 14.0 Å². The van der Waals surface area contributed by atoms with Crippen molar-refractivity contribution in [2.75, 3.05) is 49.9 Å². The number of para-hydroxylation sites is 1. The molecule has 1 aliphatic rings. The number of halogens is 1. The zero-order valence-corrected chi connectivity index (χ0v) is 18.2. The zero-order chi connectivity index (χ0) is 22.2. The molecule has 0 unspecified atom stereocenters. The summed E-state index contributed by atoms with van der Waals surface area (Å²) in [6, 6.07) is 13.8. The van der Waals surface area contributed by atoms with Crippen LogP contribution in [-0.4, -0.2) is 60.9 Å². The number of amides is 2. The van der Waals surface area contributed by atoms with Gasteiger partial charge in [-0.25, -0.2) is 4.39 Å². The summed E-state index contributed by atoms with van der Waals surface area (Å²) in [6.07, 6.45) is 1.02. The van der Waals surface area contributed by atoms with Crippen LogP contribution < -0.4 is 10.6 Å². The van der Waals surface area contributed by atoms with Crippen molar-refractivity contribution in [2.24, 2.45) is 0 Å². The highest BCUT2D eigenvalue weighted by Gasteiger charge is 2.21. The van der Waals surface area contributed by atoms with Gasteiger partial charge in [-0.15, -0.1) is 0 Å². The molecular formula is C24H31FN4O2. The Morgan fingerprint density at radius 1 is 0.935 bits per heavy atom. The van der Waals surface area contributed by atoms with Crippen molar-refractivity contribution >= 4 is 23.2 Å². The van der Waals surface area contributed by atoms with Gasteiger partial charge < -0.3 is 10.6 Å². The molecule has 0 aliphatic carbocycles. The molecule has 2 aromatic carbocycles. The van der Waals surface area contributed by atoms with Crippen LogP contribution >= 0.6 is 0 Å². The maximum Gasteiger partial charge on any atom is 0.238 e. The number of carbonyl (C=O) groups is 2. The van der Waals surface area contributed by atoms with Gasteiger partial charge in [-0.05, 0) is 42.2 Å². The van der Waals surface area contributed by atoms with Gasteiger partial charge in [0.25, 0.3) is 0 Å². The number of benzene rings is 2. The van der Waals surface area contributed by atoms with E-state index < -0.39 is 0 Å². The van der Waals surface area contributed by atoms with Gasteiger partial charge in [-0.3, -0.25) is 19.4 Å². The zero-order valence-electron chi connectivity index (χ0n) is 18.2. The SMILES string of the molecule is CC[C@@H](C)c1ccccc1NC(=O)CN1CCN(CC(=O)Nc2cccc(F)c2)CC1. The van der Waals surface area contributed by atoms with Crippen LogP contribution in [0.2, 0.25) is 0 Å². The number of nitrogens with one attached hydrogen (secondary N) is 2. The van der Waals surface area contributed by atoms with Crippen molar-refractivity contribution in [3.05, 3.63) is 59.9 Å². The van der Waals surface area contributed by atoms with E-state index >= 15 is 0 Å². The van der Waals surface area contributed by atoms with Crippen LogP contribution in [0, 0.1) is 5.82 Å². The van der Waals surface area contributed by atoms with E-state index in [2.05, 4.69) is 35.4 Å². The van der Waals surface area contributed by atoms with E-state index in [1.54, 1.807) is 12.1 Å². The second-order valence-corrected chi connectivity index (χ2v) is 8.06. The first-order chi connectivity index (χ1) is 14.9. The molecule has 1 heterocycles. The minimum absolute atomic E-state index is 0.0203. The van der Waals surface area contributed by atoms with E-state index in [0.29, 0.717) is 44.3 Å². The standard InChI is InChI=1S/C24H31FN4O2/c1-3-18(2)21-9-4-5-10-22(21)27-24(31)17-29-13-11-28(12-14-29)16-23(30)26-20-8-6-7-19(25)15-20/h4-10,15,18H,3,11-14,16-17H2,1-2H3,(H,26,30)(H,27,31)/t18-/m1/s1. The average molecular weight is 427 g/mol. The third kappa shape index (κ3) is 6.87. The molecule has 0 spiro atoms. The number of anilines is 2. The molecule has 2 aromatic rings. The van der Waals surface area contributed by atoms with E-state index in [-0.39, 0.29) is 24.2 Å². The number of piperazine rings is 1. The number of hydrogen-bond donors (Lipinski definition) is 2. The van der Waals surface area contributed by atoms with Gasteiger partial charge in [0.15, 0.2) is 0 Å². The van der Waals surface area contributed by atoms with E-state index in [9.17, 15) is 14.0 Å². The average Bonchev–Trinajstić information content (AvgIpc) is 2.75. The number of carbonyl (C=O) groups excluding carboxylic acids is 2. The fraction of sp³-hybridized carbons (Fsp3) is 0.417. The monoisotopic (exact) mass is 426 g/mol.